The van der Waals surface area contributed by atoms with Crippen molar-refractivity contribution in [3.8, 4) is 0 Å². The molecule has 2 fully saturated rings. The van der Waals surface area contributed by atoms with Gasteiger partial charge in [-0.05, 0) is 34.1 Å². The Labute approximate surface area is 102 Å². The van der Waals surface area contributed by atoms with Crippen molar-refractivity contribution in [2.24, 2.45) is 0 Å². The number of hydrogen-bond acceptors (Lipinski definition) is 4. The van der Waals surface area contributed by atoms with Gasteiger partial charge in [-0.25, -0.2) is 4.79 Å². The van der Waals surface area contributed by atoms with Crippen LogP contribution in [0.5, 0.6) is 0 Å². The van der Waals surface area contributed by atoms with E-state index in [0.717, 1.165) is 6.42 Å². The topological polar surface area (TPSA) is 61.8 Å². The van der Waals surface area contributed by atoms with Gasteiger partial charge in [0.25, 0.3) is 0 Å². The summed E-state index contributed by atoms with van der Waals surface area (Å²) in [5.41, 5.74) is -0.466. The van der Waals surface area contributed by atoms with Crippen LogP contribution in [0.3, 0.4) is 0 Å². The molecule has 0 aromatic heterocycles. The number of hydrogen-bond donors (Lipinski definition) is 2. The van der Waals surface area contributed by atoms with E-state index in [4.69, 9.17) is 4.74 Å². The number of likely N-dealkylation sites (tertiary alicyclic amines) is 1. The van der Waals surface area contributed by atoms with Gasteiger partial charge in [-0.2, -0.15) is 0 Å². The van der Waals surface area contributed by atoms with E-state index in [-0.39, 0.29) is 18.2 Å². The third-order valence-corrected chi connectivity index (χ3v) is 3.33. The van der Waals surface area contributed by atoms with Crippen LogP contribution in [0.2, 0.25) is 0 Å². The average Bonchev–Trinajstić information content (AvgIpc) is 2.72. The molecule has 2 unspecified atom stereocenters. The minimum absolute atomic E-state index is 0.0266. The highest BCUT2D eigenvalue weighted by atomic mass is 16.6. The number of aliphatic hydroxyl groups is 1. The summed E-state index contributed by atoms with van der Waals surface area (Å²) in [7, 11) is 0. The van der Waals surface area contributed by atoms with Crippen LogP contribution in [-0.2, 0) is 4.74 Å². The predicted molar refractivity (Wildman–Crippen MR) is 63.7 cm³/mol. The Kier molecular flexibility index (Phi) is 3.08. The molecule has 2 saturated heterocycles. The fraction of sp³-hybridized carbons (Fsp3) is 0.917. The van der Waals surface area contributed by atoms with Gasteiger partial charge < -0.3 is 20.1 Å². The van der Waals surface area contributed by atoms with Gasteiger partial charge in [-0.15, -0.1) is 0 Å². The maximum Gasteiger partial charge on any atom is 0.410 e. The lowest BCUT2D eigenvalue weighted by molar-refractivity contribution is 0.00863. The SMILES string of the molecule is CC(O)C1N[C@H]2C[C@@H]1N(C(=O)OC(C)(C)C)C2. The number of aliphatic hydroxyl groups excluding tert-OH is 1. The van der Waals surface area contributed by atoms with Crippen LogP contribution in [0.4, 0.5) is 4.79 Å². The zero-order valence-electron chi connectivity index (χ0n) is 10.9. The second-order valence-electron chi connectivity index (χ2n) is 6.07. The van der Waals surface area contributed by atoms with Gasteiger partial charge in [0.15, 0.2) is 0 Å². The number of nitrogens with zero attached hydrogens (tertiary/aromatic N) is 1. The Morgan fingerprint density at radius 2 is 2.18 bits per heavy atom. The summed E-state index contributed by atoms with van der Waals surface area (Å²) < 4.78 is 5.38. The van der Waals surface area contributed by atoms with Crippen molar-refractivity contribution in [2.75, 3.05) is 6.54 Å². The molecule has 0 aromatic rings. The fourth-order valence-corrected chi connectivity index (χ4v) is 2.70. The lowest BCUT2D eigenvalue weighted by Gasteiger charge is -2.36. The van der Waals surface area contributed by atoms with E-state index < -0.39 is 11.7 Å². The van der Waals surface area contributed by atoms with Gasteiger partial charge in [0, 0.05) is 12.6 Å². The van der Waals surface area contributed by atoms with Gasteiger partial charge >= 0.3 is 6.09 Å². The molecular formula is C12H22N2O3. The van der Waals surface area contributed by atoms with E-state index in [9.17, 15) is 9.90 Å². The number of rotatable bonds is 1. The summed E-state index contributed by atoms with van der Waals surface area (Å²) in [6, 6.07) is 0.336. The number of carbonyl (C=O) groups excluding carboxylic acids is 1. The Balaban J connectivity index is 2.02. The molecule has 17 heavy (non-hydrogen) atoms. The average molecular weight is 242 g/mol. The summed E-state index contributed by atoms with van der Waals surface area (Å²) in [6.45, 7) is 8.03. The molecule has 2 N–H and O–H groups in total. The summed E-state index contributed by atoms with van der Waals surface area (Å²) in [5.74, 6) is 0. The molecule has 2 rings (SSSR count). The largest absolute Gasteiger partial charge is 0.444 e. The van der Waals surface area contributed by atoms with Crippen LogP contribution in [0.25, 0.3) is 0 Å². The third-order valence-electron chi connectivity index (χ3n) is 3.33. The molecule has 98 valence electrons. The van der Waals surface area contributed by atoms with Crippen LogP contribution in [0, 0.1) is 0 Å². The first kappa shape index (κ1) is 12.6. The fourth-order valence-electron chi connectivity index (χ4n) is 2.70. The van der Waals surface area contributed by atoms with E-state index in [0.29, 0.717) is 12.6 Å². The molecule has 0 radical (unpaired) electrons. The highest BCUT2D eigenvalue weighted by Crippen LogP contribution is 2.30. The lowest BCUT2D eigenvalue weighted by Crippen LogP contribution is -2.57. The van der Waals surface area contributed by atoms with Gasteiger partial charge in [0.05, 0.1) is 18.2 Å². The Morgan fingerprint density at radius 1 is 1.53 bits per heavy atom. The molecule has 2 aliphatic rings. The number of piperazine rings is 1. The van der Waals surface area contributed by atoms with Gasteiger partial charge in [0.1, 0.15) is 5.60 Å². The number of carbonyl (C=O) groups is 1. The van der Waals surface area contributed by atoms with Crippen molar-refractivity contribution in [3.05, 3.63) is 0 Å². The molecule has 5 nitrogen and oxygen atoms in total. The molecule has 2 aliphatic heterocycles. The van der Waals surface area contributed by atoms with Crippen molar-refractivity contribution < 1.29 is 14.6 Å². The highest BCUT2D eigenvalue weighted by molar-refractivity contribution is 5.69. The van der Waals surface area contributed by atoms with Gasteiger partial charge in [-0.3, -0.25) is 0 Å². The first-order valence-corrected chi connectivity index (χ1v) is 6.21. The number of fused-ring (bicyclic) bond motifs is 2. The van der Waals surface area contributed by atoms with Gasteiger partial charge in [-0.1, -0.05) is 0 Å². The molecule has 5 heteroatoms. The molecule has 0 saturated carbocycles. The molecular weight excluding hydrogens is 220 g/mol. The van der Waals surface area contributed by atoms with Crippen LogP contribution in [0.1, 0.15) is 34.1 Å². The summed E-state index contributed by atoms with van der Waals surface area (Å²) in [6.07, 6.45) is 0.196. The molecule has 0 aromatic carbocycles. The van der Waals surface area contributed by atoms with Gasteiger partial charge in [0.2, 0.25) is 0 Å². The number of ether oxygens (including phenoxy) is 1. The van der Waals surface area contributed by atoms with Crippen molar-refractivity contribution in [2.45, 2.75) is 63.9 Å². The lowest BCUT2D eigenvalue weighted by atomic mass is 10.1. The van der Waals surface area contributed by atoms with Crippen molar-refractivity contribution >= 4 is 6.09 Å². The van der Waals surface area contributed by atoms with Crippen LogP contribution >= 0.6 is 0 Å². The van der Waals surface area contributed by atoms with Crippen molar-refractivity contribution in [3.63, 3.8) is 0 Å². The number of amides is 1. The van der Waals surface area contributed by atoms with E-state index in [1.54, 1.807) is 11.8 Å². The monoisotopic (exact) mass is 242 g/mol. The second-order valence-corrected chi connectivity index (χ2v) is 6.07. The summed E-state index contributed by atoms with van der Waals surface area (Å²) in [4.78, 5) is 13.8. The van der Waals surface area contributed by atoms with Crippen molar-refractivity contribution in [1.29, 1.82) is 0 Å². The van der Waals surface area contributed by atoms with E-state index >= 15 is 0 Å². The van der Waals surface area contributed by atoms with Crippen LogP contribution < -0.4 is 5.32 Å². The van der Waals surface area contributed by atoms with Crippen LogP contribution in [0.15, 0.2) is 0 Å². The highest BCUT2D eigenvalue weighted by Gasteiger charge is 2.49. The first-order chi connectivity index (χ1) is 7.78. The maximum atomic E-state index is 12.0. The first-order valence-electron chi connectivity index (χ1n) is 6.21. The van der Waals surface area contributed by atoms with E-state index in [1.165, 1.54) is 0 Å². The van der Waals surface area contributed by atoms with E-state index in [2.05, 4.69) is 5.32 Å². The smallest absolute Gasteiger partial charge is 0.410 e. The minimum atomic E-state index is -0.466. The minimum Gasteiger partial charge on any atom is -0.444 e. The van der Waals surface area contributed by atoms with Crippen LogP contribution in [-0.4, -0.2) is 52.5 Å². The summed E-state index contributed by atoms with van der Waals surface area (Å²) in [5, 5.41) is 13.0. The third kappa shape index (κ3) is 2.55. The Bertz CT molecular complexity index is 311. The zero-order chi connectivity index (χ0) is 12.8. The second kappa shape index (κ2) is 4.14. The molecule has 0 aliphatic carbocycles. The number of nitrogens with one attached hydrogen (secondary N) is 1. The Morgan fingerprint density at radius 3 is 2.65 bits per heavy atom. The normalized spacial score (nSPS) is 33.9. The standard InChI is InChI=1S/C12H22N2O3/c1-7(15)10-9-5-8(13-10)6-14(9)11(16)17-12(2,3)4/h7-10,13,15H,5-6H2,1-4H3/t7?,8-,9-,10?/m0/s1. The molecule has 4 atom stereocenters. The molecule has 2 bridgehead atoms. The van der Waals surface area contributed by atoms with E-state index in [1.807, 2.05) is 20.8 Å². The molecule has 0 spiro atoms. The van der Waals surface area contributed by atoms with Crippen molar-refractivity contribution in [1.82, 2.24) is 10.2 Å². The molecule has 1 amide bonds. The Hall–Kier alpha value is -0.810. The predicted octanol–water partition coefficient (Wildman–Crippen LogP) is 0.717. The maximum absolute atomic E-state index is 12.0. The summed E-state index contributed by atoms with van der Waals surface area (Å²) >= 11 is 0. The molecule has 2 heterocycles. The quantitative estimate of drug-likeness (QED) is 0.711. The zero-order valence-corrected chi connectivity index (χ0v) is 10.9.